The van der Waals surface area contributed by atoms with Gasteiger partial charge in [-0.3, -0.25) is 9.59 Å². The average molecular weight is 647 g/mol. The van der Waals surface area contributed by atoms with Crippen LogP contribution in [0.5, 0.6) is 11.5 Å². The number of ether oxygens (including phenoxy) is 1. The molecule has 4 aromatic rings. The molecule has 2 aromatic heterocycles. The minimum Gasteiger partial charge on any atom is -0.507 e. The second-order valence-corrected chi connectivity index (χ2v) is 12.1. The third kappa shape index (κ3) is 8.80. The molecular formula is C36H38O9S. The van der Waals surface area contributed by atoms with Crippen LogP contribution in [0.1, 0.15) is 83.4 Å². The number of hydrogen-bond acceptors (Lipinski definition) is 9. The number of aliphatic hydroxyl groups is 1. The SMILES string of the molecule is CCCc1c(OCCCCC=CC=C[C@H](Sc2ccc3c(=O)cc(C(=O)O)oc3c2)[C@H](O)c2cc(C)co2)ccc(C(C)=O)c1O. The van der Waals surface area contributed by atoms with E-state index in [0.29, 0.717) is 40.6 Å². The van der Waals surface area contributed by atoms with Crippen LogP contribution in [0.15, 0.2) is 91.6 Å². The van der Waals surface area contributed by atoms with Gasteiger partial charge < -0.3 is 28.9 Å². The van der Waals surface area contributed by atoms with Gasteiger partial charge in [0.15, 0.2) is 11.2 Å². The lowest BCUT2D eigenvalue weighted by atomic mass is 10.0. The summed E-state index contributed by atoms with van der Waals surface area (Å²) in [6.07, 6.45) is 12.1. The Morgan fingerprint density at radius 1 is 1.09 bits per heavy atom. The third-order valence-corrected chi connectivity index (χ3v) is 8.44. The number of fused-ring (bicyclic) bond motifs is 1. The number of carbonyl (C=O) groups is 2. The van der Waals surface area contributed by atoms with Crippen LogP contribution >= 0.6 is 11.8 Å². The molecule has 0 unspecified atom stereocenters. The fourth-order valence-corrected chi connectivity index (χ4v) is 5.94. The van der Waals surface area contributed by atoms with E-state index in [1.807, 2.05) is 38.2 Å². The highest BCUT2D eigenvalue weighted by Gasteiger charge is 2.23. The Hall–Kier alpha value is -4.54. The number of phenolic OH excluding ortho intramolecular Hbond substituents is 1. The molecule has 242 valence electrons. The highest BCUT2D eigenvalue weighted by Crippen LogP contribution is 2.36. The van der Waals surface area contributed by atoms with Crippen molar-refractivity contribution in [1.29, 1.82) is 0 Å². The molecule has 0 bridgehead atoms. The molecule has 0 saturated carbocycles. The summed E-state index contributed by atoms with van der Waals surface area (Å²) in [5.74, 6) is -0.935. The van der Waals surface area contributed by atoms with Crippen LogP contribution in [0.25, 0.3) is 11.0 Å². The lowest BCUT2D eigenvalue weighted by molar-refractivity contribution is 0.0662. The number of aryl methyl sites for hydroxylation is 1. The number of allylic oxidation sites excluding steroid dienone is 3. The number of unbranched alkanes of at least 4 members (excludes halogenated alkanes) is 2. The number of carboxylic acids is 1. The molecule has 2 atom stereocenters. The molecule has 10 heteroatoms. The van der Waals surface area contributed by atoms with Crippen molar-refractivity contribution < 1.29 is 38.5 Å². The number of Topliss-reactive ketones (excluding diaryl/α,β-unsaturated/α-hetero) is 1. The van der Waals surface area contributed by atoms with E-state index < -0.39 is 28.5 Å². The first-order chi connectivity index (χ1) is 22.1. The van der Waals surface area contributed by atoms with Gasteiger partial charge in [0.1, 0.15) is 28.9 Å². The van der Waals surface area contributed by atoms with E-state index in [-0.39, 0.29) is 22.5 Å². The van der Waals surface area contributed by atoms with Gasteiger partial charge in [0.05, 0.1) is 29.1 Å². The van der Waals surface area contributed by atoms with Crippen LogP contribution in [-0.2, 0) is 6.42 Å². The largest absolute Gasteiger partial charge is 0.507 e. The molecule has 4 rings (SSSR count). The number of carboxylic acid groups (broad SMARTS) is 1. The van der Waals surface area contributed by atoms with Crippen LogP contribution in [0.2, 0.25) is 0 Å². The van der Waals surface area contributed by atoms with Crippen LogP contribution in [0, 0.1) is 6.92 Å². The number of carbonyl (C=O) groups excluding carboxylic acids is 1. The topological polar surface area (TPSA) is 147 Å². The highest BCUT2D eigenvalue weighted by molar-refractivity contribution is 8.00. The average Bonchev–Trinajstić information content (AvgIpc) is 3.46. The fourth-order valence-electron chi connectivity index (χ4n) is 4.87. The van der Waals surface area contributed by atoms with Crippen molar-refractivity contribution in [2.24, 2.45) is 0 Å². The van der Waals surface area contributed by atoms with Crippen molar-refractivity contribution in [3.63, 3.8) is 0 Å². The van der Waals surface area contributed by atoms with Crippen molar-refractivity contribution in [2.75, 3.05) is 6.61 Å². The number of benzene rings is 2. The molecule has 0 radical (unpaired) electrons. The van der Waals surface area contributed by atoms with Gasteiger partial charge in [0.2, 0.25) is 5.76 Å². The molecule has 0 saturated heterocycles. The van der Waals surface area contributed by atoms with Crippen LogP contribution in [-0.4, -0.2) is 38.9 Å². The maximum absolute atomic E-state index is 12.3. The van der Waals surface area contributed by atoms with Crippen molar-refractivity contribution >= 4 is 34.5 Å². The van der Waals surface area contributed by atoms with Gasteiger partial charge in [-0.2, -0.15) is 0 Å². The number of aliphatic hydroxyl groups excluding tert-OH is 1. The van der Waals surface area contributed by atoms with Gasteiger partial charge in [0.25, 0.3) is 0 Å². The molecule has 0 aliphatic carbocycles. The molecule has 3 N–H and O–H groups in total. The zero-order valence-electron chi connectivity index (χ0n) is 26.0. The lowest BCUT2D eigenvalue weighted by Gasteiger charge is -2.18. The van der Waals surface area contributed by atoms with E-state index in [4.69, 9.17) is 13.6 Å². The Balaban J connectivity index is 1.37. The summed E-state index contributed by atoms with van der Waals surface area (Å²) in [4.78, 5) is 36.2. The standard InChI is InChI=1S/C36H38O9S/c1-4-11-27-29(16-15-25(23(3)37)34(27)39)43-17-10-8-6-5-7-9-12-33(35(40)31-18-22(2)21-44-31)46-24-13-14-26-28(38)20-32(36(41)42)45-30(26)19-24/h5,7,9,12-16,18-21,33,35,39-40H,4,6,8,10-11,17H2,1-3H3,(H,41,42)/t33-,35+/m0/s1. The Labute approximate surface area is 271 Å². The van der Waals surface area contributed by atoms with Crippen molar-refractivity contribution in [2.45, 2.75) is 69.1 Å². The Morgan fingerprint density at radius 3 is 2.59 bits per heavy atom. The summed E-state index contributed by atoms with van der Waals surface area (Å²) in [6, 6.07) is 11.0. The number of furan rings is 1. The number of aromatic carboxylic acids is 1. The monoisotopic (exact) mass is 646 g/mol. The molecule has 46 heavy (non-hydrogen) atoms. The van der Waals surface area contributed by atoms with E-state index in [2.05, 4.69) is 0 Å². The summed E-state index contributed by atoms with van der Waals surface area (Å²) in [7, 11) is 0. The molecule has 9 nitrogen and oxygen atoms in total. The van der Waals surface area contributed by atoms with Gasteiger partial charge in [-0.05, 0) is 81.5 Å². The van der Waals surface area contributed by atoms with Crippen LogP contribution in [0.4, 0.5) is 0 Å². The van der Waals surface area contributed by atoms with Crippen LogP contribution in [0.3, 0.4) is 0 Å². The third-order valence-electron chi connectivity index (χ3n) is 7.23. The van der Waals surface area contributed by atoms with Crippen molar-refractivity contribution in [1.82, 2.24) is 0 Å². The normalized spacial score (nSPS) is 13.0. The Bertz CT molecular complexity index is 1800. The van der Waals surface area contributed by atoms with Gasteiger partial charge in [-0.1, -0.05) is 37.6 Å². The maximum Gasteiger partial charge on any atom is 0.371 e. The Morgan fingerprint density at radius 2 is 1.89 bits per heavy atom. The molecule has 0 aliphatic heterocycles. The summed E-state index contributed by atoms with van der Waals surface area (Å²) < 4.78 is 16.9. The number of thioether (sulfide) groups is 1. The number of hydrogen-bond donors (Lipinski definition) is 3. The molecule has 0 amide bonds. The van der Waals surface area contributed by atoms with Gasteiger partial charge >= 0.3 is 5.97 Å². The molecule has 2 heterocycles. The van der Waals surface area contributed by atoms with Gasteiger partial charge in [-0.25, -0.2) is 4.79 Å². The lowest BCUT2D eigenvalue weighted by Crippen LogP contribution is -2.12. The van der Waals surface area contributed by atoms with Gasteiger partial charge in [0, 0.05) is 16.5 Å². The zero-order chi connectivity index (χ0) is 33.2. The first-order valence-electron chi connectivity index (χ1n) is 15.1. The van der Waals surface area contributed by atoms with Crippen molar-refractivity contribution in [3.05, 3.63) is 111 Å². The molecule has 2 aromatic carbocycles. The van der Waals surface area contributed by atoms with Crippen molar-refractivity contribution in [3.8, 4) is 11.5 Å². The summed E-state index contributed by atoms with van der Waals surface area (Å²) in [5, 5.41) is 30.7. The van der Waals surface area contributed by atoms with E-state index in [9.17, 15) is 29.7 Å². The number of rotatable bonds is 16. The minimum absolute atomic E-state index is 0.00451. The molecule has 0 spiro atoms. The number of aromatic hydroxyl groups is 1. The highest BCUT2D eigenvalue weighted by atomic mass is 32.2. The first kappa shape index (κ1) is 34.3. The predicted molar refractivity (Wildman–Crippen MR) is 177 cm³/mol. The second kappa shape index (κ2) is 16.1. The van der Waals surface area contributed by atoms with E-state index in [1.165, 1.54) is 18.7 Å². The summed E-state index contributed by atoms with van der Waals surface area (Å²) in [5.41, 5.74) is 1.56. The molecular weight excluding hydrogens is 608 g/mol. The Kier molecular flexibility index (Phi) is 12.1. The van der Waals surface area contributed by atoms with E-state index in [0.717, 1.165) is 37.3 Å². The molecule has 0 aliphatic rings. The number of phenols is 1. The minimum atomic E-state index is -1.33. The molecule has 0 fully saturated rings. The summed E-state index contributed by atoms with van der Waals surface area (Å²) >= 11 is 1.32. The second-order valence-electron chi connectivity index (χ2n) is 10.9. The van der Waals surface area contributed by atoms with Crippen LogP contribution < -0.4 is 10.2 Å². The predicted octanol–water partition coefficient (Wildman–Crippen LogP) is 7.81. The van der Waals surface area contributed by atoms with E-state index >= 15 is 0 Å². The van der Waals surface area contributed by atoms with E-state index in [1.54, 1.807) is 42.7 Å². The fraction of sp³-hybridized carbons (Fsp3) is 0.306. The quantitative estimate of drug-likeness (QED) is 0.0476. The zero-order valence-corrected chi connectivity index (χ0v) is 26.8. The first-order valence-corrected chi connectivity index (χ1v) is 16.0. The number of ketones is 1. The smallest absolute Gasteiger partial charge is 0.371 e. The maximum atomic E-state index is 12.3. The van der Waals surface area contributed by atoms with Gasteiger partial charge in [-0.15, -0.1) is 11.8 Å². The summed E-state index contributed by atoms with van der Waals surface area (Å²) in [6.45, 7) is 5.79.